The number of fused-ring (bicyclic) bond motifs is 3. The van der Waals surface area contributed by atoms with Gasteiger partial charge in [0.2, 0.25) is 5.91 Å². The zero-order valence-corrected chi connectivity index (χ0v) is 20.5. The fourth-order valence-electron chi connectivity index (χ4n) is 5.93. The molecule has 0 unspecified atom stereocenters. The lowest BCUT2D eigenvalue weighted by Gasteiger charge is -2.31. The second-order valence-corrected chi connectivity index (χ2v) is 11.7. The molecule has 2 saturated heterocycles. The van der Waals surface area contributed by atoms with Crippen LogP contribution in [0.2, 0.25) is 0 Å². The highest BCUT2D eigenvalue weighted by Crippen LogP contribution is 2.45. The molecule has 4 heterocycles. The summed E-state index contributed by atoms with van der Waals surface area (Å²) < 4.78 is 0. The highest BCUT2D eigenvalue weighted by Gasteiger charge is 2.47. The number of aryl methyl sites for hydroxylation is 2. The van der Waals surface area contributed by atoms with Crippen LogP contribution in [0.5, 0.6) is 0 Å². The molecule has 1 aromatic carbocycles. The van der Waals surface area contributed by atoms with Gasteiger partial charge in [-0.25, -0.2) is 0 Å². The minimum Gasteiger partial charge on any atom is -0.346 e. The first kappa shape index (κ1) is 20.8. The van der Waals surface area contributed by atoms with E-state index >= 15 is 0 Å². The van der Waals surface area contributed by atoms with Gasteiger partial charge in [-0.2, -0.15) is 0 Å². The quantitative estimate of drug-likeness (QED) is 0.468. The van der Waals surface area contributed by atoms with E-state index in [2.05, 4.69) is 75.7 Å². The van der Waals surface area contributed by atoms with E-state index < -0.39 is 5.41 Å². The Hall–Kier alpha value is -2.07. The molecule has 2 fully saturated rings. The molecule has 0 saturated carbocycles. The first-order valence-electron chi connectivity index (χ1n) is 11.7. The van der Waals surface area contributed by atoms with Crippen LogP contribution in [0.3, 0.4) is 0 Å². The van der Waals surface area contributed by atoms with Crippen molar-refractivity contribution >= 4 is 27.5 Å². The van der Waals surface area contributed by atoms with Crippen LogP contribution in [0.4, 0.5) is 0 Å². The van der Waals surface area contributed by atoms with Crippen LogP contribution in [0.15, 0.2) is 24.3 Å². The number of nitrogens with one attached hydrogen (secondary N) is 1. The van der Waals surface area contributed by atoms with E-state index in [-0.39, 0.29) is 0 Å². The summed E-state index contributed by atoms with van der Waals surface area (Å²) >= 11 is 1.77. The number of hydrogen-bond acceptors (Lipinski definition) is 2. The second-order valence-electron chi connectivity index (χ2n) is 10.6. The van der Waals surface area contributed by atoms with Crippen LogP contribution in [-0.2, 0) is 10.2 Å². The number of aromatic amines is 1. The van der Waals surface area contributed by atoms with Crippen molar-refractivity contribution in [2.45, 2.75) is 90.6 Å². The zero-order chi connectivity index (χ0) is 22.1. The molecule has 3 nitrogen and oxygen atoms in total. The molecule has 5 rings (SSSR count). The summed E-state index contributed by atoms with van der Waals surface area (Å²) in [5, 5.41) is 1.29. The predicted octanol–water partition coefficient (Wildman–Crippen LogP) is 7.07. The van der Waals surface area contributed by atoms with Crippen LogP contribution in [-0.4, -0.2) is 27.9 Å². The smallest absolute Gasteiger partial charge is 0.233 e. The summed E-state index contributed by atoms with van der Waals surface area (Å²) in [5.74, 6) is 0.724. The van der Waals surface area contributed by atoms with Crippen molar-refractivity contribution in [3.63, 3.8) is 0 Å². The average molecular weight is 435 g/mol. The van der Waals surface area contributed by atoms with E-state index in [0.29, 0.717) is 23.9 Å². The summed E-state index contributed by atoms with van der Waals surface area (Å²) in [6, 6.07) is 10.0. The van der Waals surface area contributed by atoms with Gasteiger partial charge in [-0.15, -0.1) is 11.3 Å². The van der Waals surface area contributed by atoms with Crippen molar-refractivity contribution in [3.8, 4) is 11.3 Å². The van der Waals surface area contributed by atoms with Crippen molar-refractivity contribution in [1.29, 1.82) is 0 Å². The lowest BCUT2D eigenvalue weighted by atomic mass is 9.88. The first-order chi connectivity index (χ1) is 14.7. The van der Waals surface area contributed by atoms with Crippen LogP contribution < -0.4 is 0 Å². The lowest BCUT2D eigenvalue weighted by molar-refractivity contribution is -0.137. The first-order valence-corrected chi connectivity index (χ1v) is 12.6. The normalized spacial score (nSPS) is 21.1. The zero-order valence-electron chi connectivity index (χ0n) is 19.6. The topological polar surface area (TPSA) is 36.1 Å². The van der Waals surface area contributed by atoms with Gasteiger partial charge >= 0.3 is 0 Å². The number of rotatable bonds is 4. The van der Waals surface area contributed by atoms with Crippen molar-refractivity contribution in [3.05, 3.63) is 45.8 Å². The maximum Gasteiger partial charge on any atom is 0.233 e. The summed E-state index contributed by atoms with van der Waals surface area (Å²) in [4.78, 5) is 22.0. The van der Waals surface area contributed by atoms with Crippen LogP contribution >= 0.6 is 11.3 Å². The average Bonchev–Trinajstić information content (AvgIpc) is 3.45. The molecule has 2 bridgehead atoms. The van der Waals surface area contributed by atoms with E-state index in [4.69, 9.17) is 0 Å². The van der Waals surface area contributed by atoms with E-state index in [1.165, 1.54) is 68.7 Å². The largest absolute Gasteiger partial charge is 0.346 e. The molecule has 0 radical (unpaired) electrons. The van der Waals surface area contributed by atoms with Gasteiger partial charge in [-0.1, -0.05) is 31.0 Å². The van der Waals surface area contributed by atoms with E-state index in [0.717, 1.165) is 0 Å². The Morgan fingerprint density at radius 1 is 1.03 bits per heavy atom. The van der Waals surface area contributed by atoms with Crippen molar-refractivity contribution in [1.82, 2.24) is 9.88 Å². The minimum atomic E-state index is -0.482. The Balaban J connectivity index is 1.57. The number of hydrogen-bond donors (Lipinski definition) is 1. The number of thiophene rings is 1. The summed E-state index contributed by atoms with van der Waals surface area (Å²) in [5.41, 5.74) is 5.95. The van der Waals surface area contributed by atoms with Gasteiger partial charge in [0, 0.05) is 22.3 Å². The standard InChI is InChI=1S/C27H34N2OS/c1-15(2)23-21-14-22(27(5,6)26(30)29-19-7-8-20(29)10-9-19)31-25(21)28-24(23)18-12-16(3)11-17(4)13-18/h11-15,19-20,28H,7-10H2,1-6H3. The molecule has 3 aromatic rings. The Morgan fingerprint density at radius 2 is 1.61 bits per heavy atom. The Bertz CT molecular complexity index is 1130. The molecule has 31 heavy (non-hydrogen) atoms. The molecule has 0 atom stereocenters. The number of amides is 1. The molecular weight excluding hydrogens is 400 g/mol. The molecule has 1 N–H and O–H groups in total. The van der Waals surface area contributed by atoms with Crippen molar-refractivity contribution in [2.75, 3.05) is 0 Å². The SMILES string of the molecule is Cc1cc(C)cc(-c2[nH]c3sc(C(C)(C)C(=O)N4C5CCC4CC5)cc3c2C(C)C)c1. The Labute approximate surface area is 189 Å². The van der Waals surface area contributed by atoms with Crippen LogP contribution in [0.1, 0.15) is 80.9 Å². The molecule has 2 aromatic heterocycles. The number of nitrogens with zero attached hydrogens (tertiary/aromatic N) is 1. The number of carbonyl (C=O) groups excluding carboxylic acids is 1. The maximum atomic E-state index is 13.6. The van der Waals surface area contributed by atoms with E-state index in [9.17, 15) is 4.79 Å². The van der Waals surface area contributed by atoms with Gasteiger partial charge in [-0.3, -0.25) is 4.79 Å². The van der Waals surface area contributed by atoms with Crippen LogP contribution in [0, 0.1) is 13.8 Å². The summed E-state index contributed by atoms with van der Waals surface area (Å²) in [6.07, 6.45) is 4.76. The number of benzene rings is 1. The number of H-pyrrole nitrogens is 1. The minimum absolute atomic E-state index is 0.321. The predicted molar refractivity (Wildman–Crippen MR) is 131 cm³/mol. The van der Waals surface area contributed by atoms with E-state index in [1.807, 2.05) is 0 Å². The fourth-order valence-corrected chi connectivity index (χ4v) is 7.10. The van der Waals surface area contributed by atoms with Gasteiger partial charge < -0.3 is 9.88 Å². The van der Waals surface area contributed by atoms with Gasteiger partial charge in [0.05, 0.1) is 11.1 Å². The van der Waals surface area contributed by atoms with Gasteiger partial charge in [0.15, 0.2) is 0 Å². The molecule has 0 spiro atoms. The third-order valence-electron chi connectivity index (χ3n) is 7.46. The van der Waals surface area contributed by atoms with Crippen LogP contribution in [0.25, 0.3) is 21.5 Å². The fraction of sp³-hybridized carbons (Fsp3) is 0.519. The third kappa shape index (κ3) is 3.26. The molecule has 1 amide bonds. The van der Waals surface area contributed by atoms with Gasteiger partial charge in [0.1, 0.15) is 4.83 Å². The molecule has 4 heteroatoms. The van der Waals surface area contributed by atoms with Gasteiger partial charge in [0.25, 0.3) is 0 Å². The second kappa shape index (κ2) is 7.23. The molecular formula is C27H34N2OS. The third-order valence-corrected chi connectivity index (χ3v) is 8.83. The Morgan fingerprint density at radius 3 is 2.16 bits per heavy atom. The monoisotopic (exact) mass is 434 g/mol. The molecule has 0 aliphatic carbocycles. The van der Waals surface area contributed by atoms with Crippen molar-refractivity contribution < 1.29 is 4.79 Å². The summed E-state index contributed by atoms with van der Waals surface area (Å²) in [7, 11) is 0. The van der Waals surface area contributed by atoms with Gasteiger partial charge in [-0.05, 0) is 88.6 Å². The maximum absolute atomic E-state index is 13.6. The Kier molecular flexibility index (Phi) is 4.85. The molecule has 164 valence electrons. The summed E-state index contributed by atoms with van der Waals surface area (Å²) in [6.45, 7) is 13.1. The highest BCUT2D eigenvalue weighted by molar-refractivity contribution is 7.19. The number of carbonyl (C=O) groups is 1. The number of aromatic nitrogens is 1. The lowest BCUT2D eigenvalue weighted by Crippen LogP contribution is -2.45. The molecule has 2 aliphatic heterocycles. The van der Waals surface area contributed by atoms with Crippen molar-refractivity contribution in [2.24, 2.45) is 0 Å². The highest BCUT2D eigenvalue weighted by atomic mass is 32.1. The van der Waals surface area contributed by atoms with E-state index in [1.54, 1.807) is 11.3 Å². The molecule has 2 aliphatic rings.